The SMILES string of the molecule is C[C@@H]1[C@@H]([Si](C)(C)F)[C@H](CC(=O)N(CCO)Cc2ccccc2)O[C@@]12C(=O)N(Cc1ccc(NC(=O)[C@H]3O[C@@H](O)[C@H](O)[C@@H](O)[C@@H]3O)cc1)c1ccccc12. The molecule has 3 amide bonds. The molecule has 0 aromatic heterocycles. The summed E-state index contributed by atoms with van der Waals surface area (Å²) in [6.45, 7) is 5.17. The summed E-state index contributed by atoms with van der Waals surface area (Å²) in [7, 11) is -3.55. The number of nitrogens with one attached hydrogen (secondary N) is 1. The number of amides is 3. The average Bonchev–Trinajstić information content (AvgIpc) is 3.55. The van der Waals surface area contributed by atoms with Crippen LogP contribution in [0.4, 0.5) is 15.5 Å². The zero-order valence-electron chi connectivity index (χ0n) is 29.7. The largest absolute Gasteiger partial charge is 0.395 e. The third-order valence-corrected chi connectivity index (χ3v) is 13.0. The minimum Gasteiger partial charge on any atom is -0.395 e. The summed E-state index contributed by atoms with van der Waals surface area (Å²) < 4.78 is 28.1. The maximum Gasteiger partial charge on any atom is 0.264 e. The zero-order chi connectivity index (χ0) is 38.2. The molecule has 0 bridgehead atoms. The Kier molecular flexibility index (Phi) is 11.2. The number of hydrogen-bond acceptors (Lipinski definition) is 10. The van der Waals surface area contributed by atoms with Gasteiger partial charge in [-0.05, 0) is 42.4 Å². The van der Waals surface area contributed by atoms with E-state index in [1.54, 1.807) is 66.5 Å². The predicted molar refractivity (Wildman–Crippen MR) is 193 cm³/mol. The second kappa shape index (κ2) is 15.4. The lowest BCUT2D eigenvalue weighted by atomic mass is 9.82. The van der Waals surface area contributed by atoms with E-state index in [-0.39, 0.29) is 44.5 Å². The van der Waals surface area contributed by atoms with Crippen molar-refractivity contribution in [1.29, 1.82) is 0 Å². The quantitative estimate of drug-likeness (QED) is 0.125. The van der Waals surface area contributed by atoms with Crippen molar-refractivity contribution in [2.45, 2.75) is 87.5 Å². The van der Waals surface area contributed by atoms with Crippen LogP contribution in [-0.4, -0.2) is 107 Å². The Morgan fingerprint density at radius 1 is 0.925 bits per heavy atom. The van der Waals surface area contributed by atoms with Crippen LogP contribution in [0.15, 0.2) is 78.9 Å². The first-order chi connectivity index (χ1) is 25.2. The Labute approximate surface area is 307 Å². The number of hydrogen-bond donors (Lipinski definition) is 6. The molecule has 2 saturated heterocycles. The molecule has 6 rings (SSSR count). The van der Waals surface area contributed by atoms with Gasteiger partial charge in [0.2, 0.25) is 14.3 Å². The van der Waals surface area contributed by atoms with Crippen LogP contribution in [0.3, 0.4) is 0 Å². The van der Waals surface area contributed by atoms with Crippen LogP contribution >= 0.6 is 0 Å². The van der Waals surface area contributed by atoms with E-state index >= 15 is 4.11 Å². The summed E-state index contributed by atoms with van der Waals surface area (Å²) >= 11 is 0. The number of aliphatic hydroxyl groups is 5. The van der Waals surface area contributed by atoms with Gasteiger partial charge in [-0.25, -0.2) is 0 Å². The third kappa shape index (κ3) is 7.40. The van der Waals surface area contributed by atoms with Crippen molar-refractivity contribution in [3.63, 3.8) is 0 Å². The monoisotopic (exact) mass is 751 g/mol. The van der Waals surface area contributed by atoms with Gasteiger partial charge in [-0.3, -0.25) is 14.4 Å². The maximum atomic E-state index is 16.3. The van der Waals surface area contributed by atoms with Crippen LogP contribution in [-0.2, 0) is 42.5 Å². The molecule has 6 N–H and O–H groups in total. The lowest BCUT2D eigenvalue weighted by molar-refractivity contribution is -0.274. The summed E-state index contributed by atoms with van der Waals surface area (Å²) in [5.41, 5.74) is 0.816. The molecular weight excluding hydrogens is 706 g/mol. The summed E-state index contributed by atoms with van der Waals surface area (Å²) in [5.74, 6) is -2.15. The van der Waals surface area contributed by atoms with E-state index < -0.39 is 68.2 Å². The molecule has 3 heterocycles. The lowest BCUT2D eigenvalue weighted by Crippen LogP contribution is -2.60. The molecule has 9 atom stereocenters. The van der Waals surface area contributed by atoms with Crippen molar-refractivity contribution >= 4 is 37.5 Å². The molecule has 13 nitrogen and oxygen atoms in total. The Morgan fingerprint density at radius 3 is 2.25 bits per heavy atom. The van der Waals surface area contributed by atoms with E-state index in [4.69, 9.17) is 9.47 Å². The Hall–Kier alpha value is -4.06. The average molecular weight is 752 g/mol. The van der Waals surface area contributed by atoms with Crippen LogP contribution in [0.2, 0.25) is 18.6 Å². The van der Waals surface area contributed by atoms with E-state index in [0.717, 1.165) is 5.56 Å². The van der Waals surface area contributed by atoms with Crippen molar-refractivity contribution in [2.75, 3.05) is 23.4 Å². The van der Waals surface area contributed by atoms with Gasteiger partial charge in [0.25, 0.3) is 11.8 Å². The van der Waals surface area contributed by atoms with Crippen LogP contribution in [0.25, 0.3) is 0 Å². The predicted octanol–water partition coefficient (Wildman–Crippen LogP) is 2.16. The molecule has 3 aromatic rings. The summed E-state index contributed by atoms with van der Waals surface area (Å²) in [6.07, 6.45) is -9.91. The number of aliphatic hydroxyl groups excluding tert-OH is 5. The molecule has 0 aliphatic carbocycles. The zero-order valence-corrected chi connectivity index (χ0v) is 30.7. The Balaban J connectivity index is 1.22. The summed E-state index contributed by atoms with van der Waals surface area (Å²) in [5, 5.41) is 52.0. The normalized spacial score (nSPS) is 29.7. The van der Waals surface area contributed by atoms with Crippen LogP contribution in [0.5, 0.6) is 0 Å². The molecule has 3 aliphatic heterocycles. The van der Waals surface area contributed by atoms with Gasteiger partial charge in [0.15, 0.2) is 18.0 Å². The molecule has 53 heavy (non-hydrogen) atoms. The fraction of sp³-hybridized carbons (Fsp3) is 0.447. The van der Waals surface area contributed by atoms with Crippen LogP contribution in [0.1, 0.15) is 30.0 Å². The second-order valence-corrected chi connectivity index (χ2v) is 18.3. The fourth-order valence-electron chi connectivity index (χ4n) is 8.04. The first-order valence-corrected chi connectivity index (χ1v) is 20.6. The summed E-state index contributed by atoms with van der Waals surface area (Å²) in [4.78, 5) is 44.4. The number of ether oxygens (including phenoxy) is 2. The standard InChI is InChI=1S/C38H46FN3O10Si/c1-22-34(53(2,3)39)28(19-29(44)41(17-18-43)20-23-9-5-4-6-10-23)52-38(22)26-11-7-8-12-27(26)42(37(38)50)21-24-13-15-25(16-14-24)40-35(48)33-31(46)30(45)32(47)36(49)51-33/h4-16,22,28,30-34,36,43,45-47,49H,17-21H2,1-3H3,(H,40,48)/t22-,28+,30+,31+,32-,33+,34-,36-,38+/m1/s1. The van der Waals surface area contributed by atoms with Gasteiger partial charge in [0.05, 0.1) is 31.4 Å². The Bertz CT molecular complexity index is 1800. The topological polar surface area (TPSA) is 189 Å². The second-order valence-electron chi connectivity index (χ2n) is 14.5. The van der Waals surface area contributed by atoms with Gasteiger partial charge < -0.3 is 54.2 Å². The minimum atomic E-state index is -3.55. The number of fused-ring (bicyclic) bond motifs is 2. The molecule has 284 valence electrons. The molecule has 3 aromatic carbocycles. The minimum absolute atomic E-state index is 0.0902. The number of halogens is 1. The van der Waals surface area contributed by atoms with Crippen molar-refractivity contribution in [3.8, 4) is 0 Å². The molecule has 1 spiro atoms. The van der Waals surface area contributed by atoms with E-state index in [1.165, 1.54) is 4.90 Å². The highest BCUT2D eigenvalue weighted by atomic mass is 28.4. The van der Waals surface area contributed by atoms with Crippen LogP contribution < -0.4 is 10.2 Å². The highest BCUT2D eigenvalue weighted by Gasteiger charge is 2.67. The molecular formula is C38H46FN3O10Si. The van der Waals surface area contributed by atoms with Gasteiger partial charge >= 0.3 is 0 Å². The number of rotatable bonds is 11. The maximum absolute atomic E-state index is 16.3. The van der Waals surface area contributed by atoms with E-state index in [2.05, 4.69) is 5.32 Å². The van der Waals surface area contributed by atoms with Crippen molar-refractivity contribution in [3.05, 3.63) is 95.6 Å². The van der Waals surface area contributed by atoms with Gasteiger partial charge in [-0.1, -0.05) is 67.6 Å². The molecule has 0 unspecified atom stereocenters. The van der Waals surface area contributed by atoms with Gasteiger partial charge in [0, 0.05) is 35.8 Å². The third-order valence-electron chi connectivity index (χ3n) is 10.6. The van der Waals surface area contributed by atoms with Crippen molar-refractivity contribution in [1.82, 2.24) is 4.90 Å². The van der Waals surface area contributed by atoms with Gasteiger partial charge in [0.1, 0.15) is 18.3 Å². The van der Waals surface area contributed by atoms with Gasteiger partial charge in [-0.15, -0.1) is 0 Å². The number of anilines is 2. The van der Waals surface area contributed by atoms with Crippen molar-refractivity contribution < 1.29 is 53.5 Å². The molecule has 2 fully saturated rings. The summed E-state index contributed by atoms with van der Waals surface area (Å²) in [6, 6.07) is 23.1. The smallest absolute Gasteiger partial charge is 0.264 e. The molecule has 3 aliphatic rings. The number of carbonyl (C=O) groups is 3. The van der Waals surface area contributed by atoms with E-state index in [0.29, 0.717) is 22.5 Å². The van der Waals surface area contributed by atoms with Crippen LogP contribution in [0, 0.1) is 5.92 Å². The Morgan fingerprint density at radius 2 is 1.58 bits per heavy atom. The first-order valence-electron chi connectivity index (χ1n) is 17.7. The number of para-hydroxylation sites is 1. The van der Waals surface area contributed by atoms with Crippen molar-refractivity contribution in [2.24, 2.45) is 5.92 Å². The molecule has 0 radical (unpaired) electrons. The highest BCUT2D eigenvalue weighted by molar-refractivity contribution is 6.72. The number of carbonyl (C=O) groups excluding carboxylic acids is 3. The van der Waals surface area contributed by atoms with E-state index in [9.17, 15) is 39.9 Å². The highest BCUT2D eigenvalue weighted by Crippen LogP contribution is 2.60. The number of benzene rings is 3. The molecule has 0 saturated carbocycles. The first kappa shape index (κ1) is 38.7. The van der Waals surface area contributed by atoms with E-state index in [1.807, 2.05) is 37.3 Å². The number of nitrogens with zero attached hydrogens (tertiary/aromatic N) is 2. The fourth-order valence-corrected chi connectivity index (χ4v) is 10.5. The lowest BCUT2D eigenvalue weighted by Gasteiger charge is -2.37. The molecule has 15 heteroatoms. The van der Waals surface area contributed by atoms with Gasteiger partial charge in [-0.2, -0.15) is 0 Å².